The van der Waals surface area contributed by atoms with Crippen molar-refractivity contribution in [2.75, 3.05) is 0 Å². The molecule has 2 fully saturated rings. The Kier molecular flexibility index (Phi) is 6.68. The number of hydrogen-bond acceptors (Lipinski definition) is 0. The summed E-state index contributed by atoms with van der Waals surface area (Å²) >= 11 is 0. The summed E-state index contributed by atoms with van der Waals surface area (Å²) in [5.41, 5.74) is 2.20. The Morgan fingerprint density at radius 2 is 1.67 bits per heavy atom. The number of fused-ring (bicyclic) bond motifs is 1. The van der Waals surface area contributed by atoms with Gasteiger partial charge in [0.1, 0.15) is 11.6 Å². The summed E-state index contributed by atoms with van der Waals surface area (Å²) in [6, 6.07) is 11.5. The Morgan fingerprint density at radius 1 is 0.900 bits per heavy atom. The van der Waals surface area contributed by atoms with Crippen molar-refractivity contribution < 1.29 is 8.78 Å². The normalized spacial score (nSPS) is 25.7. The van der Waals surface area contributed by atoms with Crippen LogP contribution in [-0.2, 0) is 0 Å². The van der Waals surface area contributed by atoms with E-state index in [0.717, 1.165) is 36.2 Å². The number of allylic oxidation sites excluding steroid dienone is 1. The molecule has 0 bridgehead atoms. The van der Waals surface area contributed by atoms with Gasteiger partial charge in [0.05, 0.1) is 5.56 Å². The Morgan fingerprint density at radius 3 is 2.43 bits per heavy atom. The van der Waals surface area contributed by atoms with E-state index in [1.54, 1.807) is 24.3 Å². The van der Waals surface area contributed by atoms with Crippen LogP contribution < -0.4 is 0 Å². The molecule has 2 aromatic rings. The first-order valence-corrected chi connectivity index (χ1v) is 11.3. The summed E-state index contributed by atoms with van der Waals surface area (Å²) in [7, 11) is 0. The van der Waals surface area contributed by atoms with Crippen molar-refractivity contribution in [3.63, 3.8) is 0 Å². The van der Waals surface area contributed by atoms with Crippen LogP contribution >= 0.6 is 0 Å². The van der Waals surface area contributed by atoms with E-state index in [1.165, 1.54) is 50.7 Å². The molecule has 2 heteroatoms. The Bertz CT molecular complexity index is 931. The van der Waals surface area contributed by atoms with Gasteiger partial charge in [0.15, 0.2) is 0 Å². The summed E-state index contributed by atoms with van der Waals surface area (Å²) in [5.74, 6) is 8.25. The molecule has 30 heavy (non-hydrogen) atoms. The Balaban J connectivity index is 1.39. The van der Waals surface area contributed by atoms with Gasteiger partial charge in [-0.1, -0.05) is 30.4 Å². The number of benzene rings is 2. The topological polar surface area (TPSA) is 0 Å². The molecule has 0 radical (unpaired) electrons. The molecule has 2 aromatic carbocycles. The second kappa shape index (κ2) is 9.61. The lowest BCUT2D eigenvalue weighted by Gasteiger charge is -2.42. The highest BCUT2D eigenvalue weighted by Gasteiger charge is 2.35. The van der Waals surface area contributed by atoms with Gasteiger partial charge in [0.2, 0.25) is 0 Å². The second-order valence-corrected chi connectivity index (χ2v) is 9.07. The lowest BCUT2D eigenvalue weighted by molar-refractivity contribution is 0.115. The fourth-order valence-corrected chi connectivity index (χ4v) is 5.46. The quantitative estimate of drug-likeness (QED) is 0.363. The molecule has 0 saturated heterocycles. The van der Waals surface area contributed by atoms with Crippen LogP contribution in [0.15, 0.2) is 55.1 Å². The molecule has 0 nitrogen and oxygen atoms in total. The van der Waals surface area contributed by atoms with Crippen LogP contribution in [0.25, 0.3) is 0 Å². The monoisotopic (exact) mass is 404 g/mol. The third kappa shape index (κ3) is 5.01. The summed E-state index contributed by atoms with van der Waals surface area (Å²) in [4.78, 5) is 0. The molecule has 0 aliphatic heterocycles. The highest BCUT2D eigenvalue weighted by atomic mass is 19.1. The largest absolute Gasteiger partial charge is 0.207 e. The molecule has 2 aliphatic rings. The van der Waals surface area contributed by atoms with Crippen LogP contribution in [0.5, 0.6) is 0 Å². The smallest absolute Gasteiger partial charge is 0.139 e. The highest BCUT2D eigenvalue weighted by Crippen LogP contribution is 2.48. The molecule has 0 N–H and O–H groups in total. The fourth-order valence-electron chi connectivity index (χ4n) is 5.46. The third-order valence-corrected chi connectivity index (χ3v) is 7.15. The maximum absolute atomic E-state index is 14.7. The van der Waals surface area contributed by atoms with Gasteiger partial charge in [-0.25, -0.2) is 8.78 Å². The number of halogens is 2. The van der Waals surface area contributed by atoms with Gasteiger partial charge < -0.3 is 0 Å². The number of rotatable bonds is 4. The number of hydrogen-bond donors (Lipinski definition) is 0. The molecule has 4 unspecified atom stereocenters. The zero-order valence-corrected chi connectivity index (χ0v) is 17.5. The van der Waals surface area contributed by atoms with Crippen LogP contribution in [0.4, 0.5) is 8.78 Å². The molecule has 0 heterocycles. The van der Waals surface area contributed by atoms with Crippen LogP contribution in [0.2, 0.25) is 0 Å². The molecule has 2 saturated carbocycles. The van der Waals surface area contributed by atoms with Crippen molar-refractivity contribution >= 4 is 0 Å². The predicted octanol–water partition coefficient (Wildman–Crippen LogP) is 7.63. The SMILES string of the molecule is C=CCCC1CCC2CC(c3ccc(C#Cc4ccc(F)cc4)c(F)c3)CCC2C1. The van der Waals surface area contributed by atoms with E-state index >= 15 is 0 Å². The molecule has 0 aromatic heterocycles. The van der Waals surface area contributed by atoms with E-state index in [2.05, 4.69) is 24.5 Å². The minimum Gasteiger partial charge on any atom is -0.207 e. The van der Waals surface area contributed by atoms with E-state index in [1.807, 2.05) is 6.08 Å². The zero-order valence-electron chi connectivity index (χ0n) is 17.5. The predicted molar refractivity (Wildman–Crippen MR) is 119 cm³/mol. The molecule has 4 atom stereocenters. The first kappa shape index (κ1) is 20.9. The van der Waals surface area contributed by atoms with E-state index in [-0.39, 0.29) is 11.6 Å². The van der Waals surface area contributed by atoms with Gasteiger partial charge in [-0.2, -0.15) is 0 Å². The summed E-state index contributed by atoms with van der Waals surface area (Å²) in [6.07, 6.45) is 12.1. The molecule has 0 spiro atoms. The van der Waals surface area contributed by atoms with Crippen LogP contribution in [-0.4, -0.2) is 0 Å². The summed E-state index contributed by atoms with van der Waals surface area (Å²) in [6.45, 7) is 3.86. The van der Waals surface area contributed by atoms with Crippen molar-refractivity contribution in [2.45, 2.75) is 57.3 Å². The highest BCUT2D eigenvalue weighted by molar-refractivity contribution is 5.44. The Labute approximate surface area is 179 Å². The standard InChI is InChI=1S/C28H30F2/c1-2-3-4-21-6-10-24-18-25(14-13-23(24)17-21)26-12-11-22(28(30)19-26)9-5-20-7-15-27(29)16-8-20/h2,7-8,11-12,15-16,19,21,23-25H,1,3-4,6,10,13-14,17-18H2. The molecule has 0 amide bonds. The van der Waals surface area contributed by atoms with E-state index < -0.39 is 0 Å². The summed E-state index contributed by atoms with van der Waals surface area (Å²) < 4.78 is 27.7. The molecule has 4 rings (SSSR count). The van der Waals surface area contributed by atoms with Crippen molar-refractivity contribution in [1.29, 1.82) is 0 Å². The molecular formula is C28H30F2. The molecule has 2 aliphatic carbocycles. The van der Waals surface area contributed by atoms with Gasteiger partial charge in [-0.05, 0) is 111 Å². The van der Waals surface area contributed by atoms with Crippen molar-refractivity contribution in [1.82, 2.24) is 0 Å². The minimum atomic E-state index is -0.295. The Hall–Kier alpha value is -2.40. The third-order valence-electron chi connectivity index (χ3n) is 7.15. The maximum Gasteiger partial charge on any atom is 0.139 e. The van der Waals surface area contributed by atoms with Gasteiger partial charge in [0.25, 0.3) is 0 Å². The van der Waals surface area contributed by atoms with Crippen molar-refractivity contribution in [3.8, 4) is 11.8 Å². The first-order valence-electron chi connectivity index (χ1n) is 11.3. The fraction of sp³-hybridized carbons (Fsp3) is 0.429. The molecular weight excluding hydrogens is 374 g/mol. The maximum atomic E-state index is 14.7. The second-order valence-electron chi connectivity index (χ2n) is 9.07. The van der Waals surface area contributed by atoms with Gasteiger partial charge in [-0.3, -0.25) is 0 Å². The summed E-state index contributed by atoms with van der Waals surface area (Å²) in [5, 5.41) is 0. The zero-order chi connectivity index (χ0) is 20.9. The van der Waals surface area contributed by atoms with Gasteiger partial charge in [-0.15, -0.1) is 6.58 Å². The lowest BCUT2D eigenvalue weighted by atomic mass is 9.63. The van der Waals surface area contributed by atoms with Crippen molar-refractivity contribution in [3.05, 3.63) is 83.4 Å². The first-order chi connectivity index (χ1) is 14.6. The molecule has 156 valence electrons. The lowest BCUT2D eigenvalue weighted by Crippen LogP contribution is -2.30. The van der Waals surface area contributed by atoms with E-state index in [0.29, 0.717) is 17.0 Å². The van der Waals surface area contributed by atoms with Crippen LogP contribution in [0.3, 0.4) is 0 Å². The minimum absolute atomic E-state index is 0.252. The average Bonchev–Trinajstić information content (AvgIpc) is 2.77. The average molecular weight is 405 g/mol. The van der Waals surface area contributed by atoms with Crippen LogP contribution in [0.1, 0.15) is 74.0 Å². The van der Waals surface area contributed by atoms with E-state index in [9.17, 15) is 8.78 Å². The van der Waals surface area contributed by atoms with E-state index in [4.69, 9.17) is 0 Å². The van der Waals surface area contributed by atoms with Crippen molar-refractivity contribution in [2.24, 2.45) is 17.8 Å². The van der Waals surface area contributed by atoms with Crippen LogP contribution in [0, 0.1) is 41.2 Å². The van der Waals surface area contributed by atoms with Gasteiger partial charge >= 0.3 is 0 Å². The van der Waals surface area contributed by atoms with Gasteiger partial charge in [0, 0.05) is 5.56 Å².